The van der Waals surface area contributed by atoms with Gasteiger partial charge in [0.25, 0.3) is 0 Å². The van der Waals surface area contributed by atoms with Gasteiger partial charge in [-0.15, -0.1) is 5.92 Å². The molecule has 0 aromatic carbocycles. The molecule has 0 N–H and O–H groups in total. The van der Waals surface area contributed by atoms with Gasteiger partial charge in [0.1, 0.15) is 0 Å². The quantitative estimate of drug-likeness (QED) is 0.395. The number of unbranched alkanes of at least 4 members (excludes halogenated alkanes) is 1. The molecule has 8 heavy (non-hydrogen) atoms. The minimum Gasteiger partial charge on any atom is -0.102 e. The first kappa shape index (κ1) is 8.52. The van der Waals surface area contributed by atoms with Crippen molar-refractivity contribution in [3.05, 3.63) is 0 Å². The molecule has 0 aliphatic carbocycles. The van der Waals surface area contributed by atoms with Gasteiger partial charge in [0, 0.05) is 11.8 Å². The molecule has 0 atom stereocenters. The Morgan fingerprint density at radius 2 is 1.88 bits per heavy atom. The highest BCUT2D eigenvalue weighted by atomic mass is 79.9. The van der Waals surface area contributed by atoms with E-state index in [1.807, 2.05) is 0 Å². The average molecular weight is 240 g/mol. The van der Waals surface area contributed by atoms with Crippen LogP contribution < -0.4 is 0 Å². The van der Waals surface area contributed by atoms with Crippen molar-refractivity contribution in [2.75, 3.05) is 10.7 Å². The molecule has 0 fully saturated rings. The van der Waals surface area contributed by atoms with E-state index in [2.05, 4.69) is 43.7 Å². The third-order valence-electron chi connectivity index (χ3n) is 0.627. The summed E-state index contributed by atoms with van der Waals surface area (Å²) < 4.78 is 0. The first-order chi connectivity index (χ1) is 3.91. The molecule has 0 amide bonds. The second-order valence-electron chi connectivity index (χ2n) is 1.28. The van der Waals surface area contributed by atoms with E-state index in [1.54, 1.807) is 0 Å². The van der Waals surface area contributed by atoms with Crippen molar-refractivity contribution in [3.8, 4) is 11.8 Å². The molecule has 0 unspecified atom stereocenters. The number of rotatable bonds is 2. The van der Waals surface area contributed by atoms with E-state index in [4.69, 9.17) is 0 Å². The van der Waals surface area contributed by atoms with Crippen molar-refractivity contribution >= 4 is 31.9 Å². The number of alkyl halides is 2. The fraction of sp³-hybridized carbons (Fsp3) is 0.667. The van der Waals surface area contributed by atoms with Crippen LogP contribution in [0.3, 0.4) is 0 Å². The minimum atomic E-state index is 0.801. The van der Waals surface area contributed by atoms with Crippen molar-refractivity contribution in [2.45, 2.75) is 12.8 Å². The Kier molecular flexibility index (Phi) is 8.01. The molecular weight excluding hydrogens is 232 g/mol. The summed E-state index contributed by atoms with van der Waals surface area (Å²) in [5, 5.41) is 1.86. The van der Waals surface area contributed by atoms with Crippen molar-refractivity contribution in [3.63, 3.8) is 0 Å². The lowest BCUT2D eigenvalue weighted by atomic mass is 10.3. The standard InChI is InChI=1S/C6H8Br2/c7-5-3-1-2-4-6-8/h1,3,5-6H2. The van der Waals surface area contributed by atoms with Crippen molar-refractivity contribution < 1.29 is 0 Å². The van der Waals surface area contributed by atoms with Crippen LogP contribution in [0.1, 0.15) is 12.8 Å². The maximum Gasteiger partial charge on any atom is 0.0645 e. The summed E-state index contributed by atoms with van der Waals surface area (Å²) in [6, 6.07) is 0. The molecular formula is C6H8Br2. The van der Waals surface area contributed by atoms with Gasteiger partial charge in [-0.3, -0.25) is 0 Å². The molecule has 0 aliphatic heterocycles. The Morgan fingerprint density at radius 3 is 2.38 bits per heavy atom. The molecule has 0 aromatic heterocycles. The zero-order valence-electron chi connectivity index (χ0n) is 4.58. The second-order valence-corrected chi connectivity index (χ2v) is 2.63. The molecule has 0 saturated heterocycles. The third kappa shape index (κ3) is 6.52. The van der Waals surface area contributed by atoms with Crippen LogP contribution in [-0.4, -0.2) is 10.7 Å². The molecule has 0 bridgehead atoms. The Balaban J connectivity index is 2.90. The van der Waals surface area contributed by atoms with Crippen LogP contribution in [0.2, 0.25) is 0 Å². The molecule has 0 spiro atoms. The summed E-state index contributed by atoms with van der Waals surface area (Å²) >= 11 is 6.54. The summed E-state index contributed by atoms with van der Waals surface area (Å²) in [5.41, 5.74) is 0. The van der Waals surface area contributed by atoms with Crippen molar-refractivity contribution in [1.29, 1.82) is 0 Å². The molecule has 0 nitrogen and oxygen atoms in total. The highest BCUT2D eigenvalue weighted by Crippen LogP contribution is 1.90. The fourth-order valence-electron chi connectivity index (χ4n) is 0.291. The number of halogens is 2. The Morgan fingerprint density at radius 1 is 1.12 bits per heavy atom. The zero-order valence-corrected chi connectivity index (χ0v) is 7.76. The smallest absolute Gasteiger partial charge is 0.0645 e. The number of hydrogen-bond donors (Lipinski definition) is 0. The maximum absolute atomic E-state index is 3.32. The van der Waals surface area contributed by atoms with E-state index in [-0.39, 0.29) is 0 Å². The van der Waals surface area contributed by atoms with Gasteiger partial charge in [0.05, 0.1) is 5.33 Å². The third-order valence-corrected chi connectivity index (χ3v) is 1.47. The lowest BCUT2D eigenvalue weighted by molar-refractivity contribution is 1.00. The zero-order chi connectivity index (χ0) is 6.24. The van der Waals surface area contributed by atoms with Gasteiger partial charge in [-0.25, -0.2) is 0 Å². The molecule has 46 valence electrons. The lowest BCUT2D eigenvalue weighted by Crippen LogP contribution is -1.70. The molecule has 2 heteroatoms. The van der Waals surface area contributed by atoms with Gasteiger partial charge in [-0.05, 0) is 6.42 Å². The molecule has 0 aromatic rings. The first-order valence-electron chi connectivity index (χ1n) is 2.49. The second kappa shape index (κ2) is 7.52. The van der Waals surface area contributed by atoms with Crippen LogP contribution in [0.5, 0.6) is 0 Å². The van der Waals surface area contributed by atoms with Crippen LogP contribution in [0.4, 0.5) is 0 Å². The predicted octanol–water partition coefficient (Wildman–Crippen LogP) is 2.56. The summed E-state index contributed by atoms with van der Waals surface area (Å²) in [7, 11) is 0. The molecule has 0 aliphatic rings. The van der Waals surface area contributed by atoms with Gasteiger partial charge in [0.2, 0.25) is 0 Å². The van der Waals surface area contributed by atoms with Crippen LogP contribution in [0, 0.1) is 11.8 Å². The Bertz CT molecular complexity index is 88.4. The summed E-state index contributed by atoms with van der Waals surface area (Å²) in [4.78, 5) is 0. The fourth-order valence-corrected chi connectivity index (χ4v) is 0.769. The molecule has 0 rings (SSSR count). The van der Waals surface area contributed by atoms with E-state index < -0.39 is 0 Å². The molecule has 0 heterocycles. The van der Waals surface area contributed by atoms with Gasteiger partial charge < -0.3 is 0 Å². The normalized spacial score (nSPS) is 7.75. The monoisotopic (exact) mass is 238 g/mol. The maximum atomic E-state index is 3.32. The minimum absolute atomic E-state index is 0.801. The highest BCUT2D eigenvalue weighted by Gasteiger charge is 1.75. The largest absolute Gasteiger partial charge is 0.102 e. The SMILES string of the molecule is BrCC#CCCCBr. The van der Waals surface area contributed by atoms with E-state index in [0.717, 1.165) is 23.5 Å². The van der Waals surface area contributed by atoms with Gasteiger partial charge in [-0.1, -0.05) is 37.8 Å². The Hall–Kier alpha value is 0.520. The van der Waals surface area contributed by atoms with E-state index >= 15 is 0 Å². The van der Waals surface area contributed by atoms with Crippen LogP contribution in [0.15, 0.2) is 0 Å². The van der Waals surface area contributed by atoms with Crippen LogP contribution >= 0.6 is 31.9 Å². The predicted molar refractivity (Wildman–Crippen MR) is 44.6 cm³/mol. The van der Waals surface area contributed by atoms with E-state index in [9.17, 15) is 0 Å². The van der Waals surface area contributed by atoms with Crippen molar-refractivity contribution in [2.24, 2.45) is 0 Å². The summed E-state index contributed by atoms with van der Waals surface area (Å²) in [6.45, 7) is 0. The molecule has 0 radical (unpaired) electrons. The van der Waals surface area contributed by atoms with Gasteiger partial charge >= 0.3 is 0 Å². The lowest BCUT2D eigenvalue weighted by Gasteiger charge is -1.80. The van der Waals surface area contributed by atoms with E-state index in [0.29, 0.717) is 0 Å². The molecule has 0 saturated carbocycles. The highest BCUT2D eigenvalue weighted by molar-refractivity contribution is 9.09. The average Bonchev–Trinajstić information content (AvgIpc) is 1.81. The van der Waals surface area contributed by atoms with Crippen molar-refractivity contribution in [1.82, 2.24) is 0 Å². The van der Waals surface area contributed by atoms with Gasteiger partial charge in [0.15, 0.2) is 0 Å². The first-order valence-corrected chi connectivity index (χ1v) is 4.73. The van der Waals surface area contributed by atoms with Gasteiger partial charge in [-0.2, -0.15) is 0 Å². The van der Waals surface area contributed by atoms with E-state index in [1.165, 1.54) is 0 Å². The number of hydrogen-bond acceptors (Lipinski definition) is 0. The summed E-state index contributed by atoms with van der Waals surface area (Å²) in [6.07, 6.45) is 2.16. The van der Waals surface area contributed by atoms with Crippen LogP contribution in [-0.2, 0) is 0 Å². The Labute approximate surface area is 67.3 Å². The van der Waals surface area contributed by atoms with Crippen LogP contribution in [0.25, 0.3) is 0 Å². The topological polar surface area (TPSA) is 0 Å². The summed E-state index contributed by atoms with van der Waals surface area (Å²) in [5.74, 6) is 5.94.